The quantitative estimate of drug-likeness (QED) is 0.564. The number of nitrogens with one attached hydrogen (secondary N) is 1. The lowest BCUT2D eigenvalue weighted by Crippen LogP contribution is -2.28. The average molecular weight is 311 g/mol. The summed E-state index contributed by atoms with van der Waals surface area (Å²) < 4.78 is 19.2. The fourth-order valence-corrected chi connectivity index (χ4v) is 3.49. The van der Waals surface area contributed by atoms with Crippen molar-refractivity contribution in [1.29, 1.82) is 0 Å². The van der Waals surface area contributed by atoms with E-state index in [1.807, 2.05) is 18.4 Å². The summed E-state index contributed by atoms with van der Waals surface area (Å²) in [4.78, 5) is 0.872. The smallest absolute Gasteiger partial charge is 0.134 e. The normalized spacial score (nSPS) is 13.0. The Morgan fingerprint density at radius 1 is 1.40 bits per heavy atom. The molecule has 0 radical (unpaired) electrons. The summed E-state index contributed by atoms with van der Waals surface area (Å²) in [5, 5.41) is 3.26. The van der Waals surface area contributed by atoms with E-state index in [1.165, 1.54) is 23.5 Å². The van der Waals surface area contributed by atoms with Gasteiger partial charge in [0.25, 0.3) is 0 Å². The molecule has 0 amide bonds. The molecule has 0 bridgehead atoms. The SMILES string of the molecule is Cc1c(C(NN)c2sccc2Cl)oc2ccc(F)cc12. The molecule has 1 aromatic carbocycles. The Bertz CT molecular complexity index is 768. The van der Waals surface area contributed by atoms with Crippen molar-refractivity contribution in [2.45, 2.75) is 13.0 Å². The van der Waals surface area contributed by atoms with Crippen molar-refractivity contribution in [1.82, 2.24) is 5.43 Å². The van der Waals surface area contributed by atoms with Gasteiger partial charge in [-0.1, -0.05) is 11.6 Å². The van der Waals surface area contributed by atoms with Crippen LogP contribution in [0, 0.1) is 12.7 Å². The van der Waals surface area contributed by atoms with Crippen LogP contribution in [0.1, 0.15) is 22.2 Å². The van der Waals surface area contributed by atoms with Gasteiger partial charge in [-0.3, -0.25) is 5.84 Å². The highest BCUT2D eigenvalue weighted by Gasteiger charge is 2.24. The number of hydrogen-bond donors (Lipinski definition) is 2. The molecule has 2 heterocycles. The standard InChI is InChI=1S/C14H12ClFN2OS/c1-7-9-6-8(16)2-3-11(9)19-13(7)12(18-17)14-10(15)4-5-20-14/h2-6,12,18H,17H2,1H3. The third kappa shape index (κ3) is 2.13. The molecule has 3 rings (SSSR count). The summed E-state index contributed by atoms with van der Waals surface area (Å²) in [5.74, 6) is 6.01. The van der Waals surface area contributed by atoms with Crippen LogP contribution in [0.5, 0.6) is 0 Å². The first-order valence-corrected chi connectivity index (χ1v) is 7.25. The minimum atomic E-state index is -0.349. The van der Waals surface area contributed by atoms with E-state index < -0.39 is 0 Å². The van der Waals surface area contributed by atoms with Gasteiger partial charge >= 0.3 is 0 Å². The second-order valence-corrected chi connectivity index (χ2v) is 5.82. The van der Waals surface area contributed by atoms with E-state index in [4.69, 9.17) is 21.9 Å². The Kier molecular flexibility index (Phi) is 3.52. The zero-order chi connectivity index (χ0) is 14.3. The summed E-state index contributed by atoms with van der Waals surface area (Å²) in [7, 11) is 0. The van der Waals surface area contributed by atoms with Crippen LogP contribution in [0.25, 0.3) is 11.0 Å². The molecular formula is C14H12ClFN2OS. The van der Waals surface area contributed by atoms with E-state index in [0.717, 1.165) is 15.8 Å². The number of benzene rings is 1. The average Bonchev–Trinajstić information content (AvgIpc) is 2.98. The summed E-state index contributed by atoms with van der Waals surface area (Å²) >= 11 is 7.64. The molecule has 0 saturated heterocycles. The molecule has 1 atom stereocenters. The van der Waals surface area contributed by atoms with Crippen LogP contribution in [0.3, 0.4) is 0 Å². The summed E-state index contributed by atoms with van der Waals surface area (Å²) in [6, 6.07) is 5.91. The van der Waals surface area contributed by atoms with E-state index >= 15 is 0 Å². The van der Waals surface area contributed by atoms with Crippen LogP contribution in [-0.4, -0.2) is 0 Å². The molecule has 0 saturated carbocycles. The summed E-state index contributed by atoms with van der Waals surface area (Å²) in [6.07, 6.45) is 0. The minimum absolute atomic E-state index is 0.292. The van der Waals surface area contributed by atoms with Crippen LogP contribution >= 0.6 is 22.9 Å². The van der Waals surface area contributed by atoms with E-state index in [9.17, 15) is 4.39 Å². The number of hydrazine groups is 1. The van der Waals surface area contributed by atoms with Crippen LogP contribution in [0.2, 0.25) is 5.02 Å². The third-order valence-electron chi connectivity index (χ3n) is 3.27. The number of aryl methyl sites for hydroxylation is 1. The van der Waals surface area contributed by atoms with Gasteiger partial charge in [-0.2, -0.15) is 0 Å². The van der Waals surface area contributed by atoms with E-state index in [1.54, 1.807) is 6.07 Å². The zero-order valence-electron chi connectivity index (χ0n) is 10.6. The molecule has 2 aromatic heterocycles. The highest BCUT2D eigenvalue weighted by molar-refractivity contribution is 7.10. The van der Waals surface area contributed by atoms with Gasteiger partial charge in [0.1, 0.15) is 23.2 Å². The Morgan fingerprint density at radius 2 is 2.20 bits per heavy atom. The lowest BCUT2D eigenvalue weighted by atomic mass is 10.1. The molecule has 1 unspecified atom stereocenters. The van der Waals surface area contributed by atoms with Crippen molar-refractivity contribution < 1.29 is 8.81 Å². The first kappa shape index (κ1) is 13.6. The first-order valence-electron chi connectivity index (χ1n) is 5.99. The number of halogens is 2. The van der Waals surface area contributed by atoms with Crippen LogP contribution in [-0.2, 0) is 0 Å². The molecular weight excluding hydrogens is 299 g/mol. The number of hydrogen-bond acceptors (Lipinski definition) is 4. The second-order valence-electron chi connectivity index (χ2n) is 4.46. The number of nitrogens with two attached hydrogens (primary N) is 1. The number of rotatable bonds is 3. The van der Waals surface area contributed by atoms with Gasteiger partial charge in [-0.25, -0.2) is 9.82 Å². The van der Waals surface area contributed by atoms with Crippen molar-refractivity contribution in [3.8, 4) is 0 Å². The fourth-order valence-electron chi connectivity index (χ4n) is 2.27. The molecule has 3 nitrogen and oxygen atoms in total. The monoisotopic (exact) mass is 310 g/mol. The molecule has 0 aliphatic heterocycles. The maximum Gasteiger partial charge on any atom is 0.134 e. The molecule has 6 heteroatoms. The van der Waals surface area contributed by atoms with Gasteiger partial charge in [-0.05, 0) is 36.6 Å². The Balaban J connectivity index is 2.18. The van der Waals surface area contributed by atoms with Gasteiger partial charge in [0.2, 0.25) is 0 Å². The number of furan rings is 1. The molecule has 20 heavy (non-hydrogen) atoms. The van der Waals surface area contributed by atoms with Gasteiger partial charge < -0.3 is 4.42 Å². The molecule has 3 N–H and O–H groups in total. The molecule has 104 valence electrons. The second kappa shape index (κ2) is 5.18. The Labute approximate surface area is 124 Å². The van der Waals surface area contributed by atoms with Gasteiger partial charge in [0.05, 0.1) is 5.02 Å². The highest BCUT2D eigenvalue weighted by atomic mass is 35.5. The largest absolute Gasteiger partial charge is 0.459 e. The van der Waals surface area contributed by atoms with Crippen LogP contribution in [0.4, 0.5) is 4.39 Å². The lowest BCUT2D eigenvalue weighted by Gasteiger charge is -2.13. The predicted molar refractivity (Wildman–Crippen MR) is 79.4 cm³/mol. The maximum atomic E-state index is 13.3. The van der Waals surface area contributed by atoms with Crippen molar-refractivity contribution in [3.63, 3.8) is 0 Å². The van der Waals surface area contributed by atoms with Gasteiger partial charge in [0.15, 0.2) is 0 Å². The van der Waals surface area contributed by atoms with Crippen molar-refractivity contribution in [2.75, 3.05) is 0 Å². The third-order valence-corrected chi connectivity index (χ3v) is 4.69. The molecule has 0 aliphatic rings. The minimum Gasteiger partial charge on any atom is -0.459 e. The van der Waals surface area contributed by atoms with Gasteiger partial charge in [0, 0.05) is 15.8 Å². The fraction of sp³-hybridized carbons (Fsp3) is 0.143. The topological polar surface area (TPSA) is 51.2 Å². The van der Waals surface area contributed by atoms with Crippen molar-refractivity contribution in [2.24, 2.45) is 5.84 Å². The van der Waals surface area contributed by atoms with Crippen molar-refractivity contribution in [3.05, 3.63) is 56.7 Å². The van der Waals surface area contributed by atoms with Crippen LogP contribution in [0.15, 0.2) is 34.1 Å². The Morgan fingerprint density at radius 3 is 2.85 bits per heavy atom. The zero-order valence-corrected chi connectivity index (χ0v) is 12.2. The van der Waals surface area contributed by atoms with Gasteiger partial charge in [-0.15, -0.1) is 11.3 Å². The Hall–Kier alpha value is -1.40. The highest BCUT2D eigenvalue weighted by Crippen LogP contribution is 2.37. The van der Waals surface area contributed by atoms with E-state index in [-0.39, 0.29) is 11.9 Å². The van der Waals surface area contributed by atoms with Crippen molar-refractivity contribution >= 4 is 33.9 Å². The molecule has 0 spiro atoms. The number of thiophene rings is 1. The molecule has 0 fully saturated rings. The van der Waals surface area contributed by atoms with E-state index in [0.29, 0.717) is 16.4 Å². The summed E-state index contributed by atoms with van der Waals surface area (Å²) in [5.41, 5.74) is 4.20. The molecule has 0 aliphatic carbocycles. The first-order chi connectivity index (χ1) is 9.61. The molecule has 3 aromatic rings. The predicted octanol–water partition coefficient (Wildman–Crippen LogP) is 4.15. The van der Waals surface area contributed by atoms with E-state index in [2.05, 4.69) is 5.43 Å². The summed E-state index contributed by atoms with van der Waals surface area (Å²) in [6.45, 7) is 1.88. The van der Waals surface area contributed by atoms with Crippen LogP contribution < -0.4 is 11.3 Å². The number of fused-ring (bicyclic) bond motifs is 1. The maximum absolute atomic E-state index is 13.3. The lowest BCUT2D eigenvalue weighted by molar-refractivity contribution is 0.477.